The topological polar surface area (TPSA) is 176 Å². The number of aliphatic hydroxyl groups excluding tert-OH is 1. The lowest BCUT2D eigenvalue weighted by Gasteiger charge is -2.27. The van der Waals surface area contributed by atoms with Crippen LogP contribution in [0, 0.1) is 10.3 Å². The average Bonchev–Trinajstić information content (AvgIpc) is 3.05. The van der Waals surface area contributed by atoms with Crippen LogP contribution in [0.25, 0.3) is 0 Å². The Morgan fingerprint density at radius 2 is 1.97 bits per heavy atom. The number of H-pyrrole nitrogens is 1. The normalized spacial score (nSPS) is 25.9. The van der Waals surface area contributed by atoms with Gasteiger partial charge in [-0.25, -0.2) is 9.32 Å². The molecule has 2 aromatic rings. The zero-order valence-corrected chi connectivity index (χ0v) is 22.3. The Labute approximate surface area is 217 Å². The number of nitrogens with one attached hydrogen (secondary N) is 2. The summed E-state index contributed by atoms with van der Waals surface area (Å²) in [6.07, 6.45) is -3.22. The second-order valence-electron chi connectivity index (χ2n) is 8.89. The highest BCUT2D eigenvalue weighted by atomic mass is 32.1. The van der Waals surface area contributed by atoms with Crippen LogP contribution < -0.4 is 10.1 Å². The number of hydrogen-bond donors (Lipinski definition) is 4. The van der Waals surface area contributed by atoms with Crippen molar-refractivity contribution in [1.82, 2.24) is 9.55 Å². The van der Waals surface area contributed by atoms with Gasteiger partial charge in [0.2, 0.25) is 0 Å². The molecule has 0 bridgehead atoms. The molecule has 4 N–H and O–H groups in total. The summed E-state index contributed by atoms with van der Waals surface area (Å²) in [6.45, 7) is 5.27. The first kappa shape index (κ1) is 28.8. The smallest absolute Gasteiger partial charge is 0.458 e. The Balaban J connectivity index is 1.86. The van der Waals surface area contributed by atoms with Crippen LogP contribution in [-0.2, 0) is 23.4 Å². The van der Waals surface area contributed by atoms with E-state index in [9.17, 15) is 24.4 Å². The van der Waals surface area contributed by atoms with Crippen molar-refractivity contribution >= 4 is 25.9 Å². The second kappa shape index (κ2) is 11.3. The molecule has 1 saturated heterocycles. The molecule has 2 heterocycles. The van der Waals surface area contributed by atoms with Gasteiger partial charge in [0, 0.05) is 19.2 Å². The summed E-state index contributed by atoms with van der Waals surface area (Å²) < 4.78 is 37.3. The van der Waals surface area contributed by atoms with E-state index < -0.39 is 62.1 Å². The van der Waals surface area contributed by atoms with E-state index in [1.54, 1.807) is 32.0 Å². The summed E-state index contributed by atoms with van der Waals surface area (Å²) in [5.41, 5.74) is 6.04. The number of rotatable bonds is 10. The Morgan fingerprint density at radius 3 is 2.57 bits per heavy atom. The maximum atomic E-state index is 13.8. The summed E-state index contributed by atoms with van der Waals surface area (Å²) in [5.74, 6) is -0.720. The summed E-state index contributed by atoms with van der Waals surface area (Å²) >= 11 is 5.13. The van der Waals surface area contributed by atoms with Gasteiger partial charge in [0.25, 0.3) is 11.6 Å². The van der Waals surface area contributed by atoms with E-state index in [0.29, 0.717) is 4.47 Å². The number of hydrogen-bond acceptors (Lipinski definition) is 11. The van der Waals surface area contributed by atoms with E-state index in [1.165, 1.54) is 42.8 Å². The highest BCUT2D eigenvalue weighted by Crippen LogP contribution is 2.51. The molecule has 1 fully saturated rings. The first-order valence-corrected chi connectivity index (χ1v) is 13.2. The minimum Gasteiger partial charge on any atom is -0.458 e. The molecule has 202 valence electrons. The van der Waals surface area contributed by atoms with Gasteiger partial charge >= 0.3 is 13.7 Å². The lowest BCUT2D eigenvalue weighted by atomic mass is 9.96. The van der Waals surface area contributed by atoms with E-state index in [4.69, 9.17) is 36.3 Å². The maximum absolute atomic E-state index is 13.8. The highest BCUT2D eigenvalue weighted by Gasteiger charge is 2.56. The summed E-state index contributed by atoms with van der Waals surface area (Å²) in [7, 11) is -4.56. The van der Waals surface area contributed by atoms with Crippen LogP contribution in [-0.4, -0.2) is 66.8 Å². The van der Waals surface area contributed by atoms with Crippen LogP contribution in [0.4, 0.5) is 0 Å². The number of ether oxygens (including phenoxy) is 2. The molecule has 15 heteroatoms. The molecule has 1 aromatic heterocycles. The molecule has 13 nitrogen and oxygen atoms in total. The van der Waals surface area contributed by atoms with Crippen molar-refractivity contribution in [3.63, 3.8) is 0 Å². The lowest BCUT2D eigenvalue weighted by molar-refractivity contribution is -0.517. The Bertz CT molecular complexity index is 1300. The van der Waals surface area contributed by atoms with Crippen LogP contribution in [0.2, 0.25) is 0 Å². The number of benzene rings is 1. The van der Waals surface area contributed by atoms with Crippen LogP contribution in [0.5, 0.6) is 5.75 Å². The number of carbonyl (C=O) groups is 1. The predicted molar refractivity (Wildman–Crippen MR) is 131 cm³/mol. The first-order valence-electron chi connectivity index (χ1n) is 11.3. The van der Waals surface area contributed by atoms with Crippen molar-refractivity contribution in [2.24, 2.45) is 0 Å². The molecular formula is C22H30N4O9PS+. The molecule has 0 aliphatic carbocycles. The largest absolute Gasteiger partial charge is 0.690 e. The minimum absolute atomic E-state index is 0.0561. The molecule has 0 amide bonds. The minimum atomic E-state index is -4.56. The first-order chi connectivity index (χ1) is 17.3. The number of aliphatic hydroxyl groups is 2. The molecule has 3 rings (SSSR count). The fourth-order valence-corrected chi connectivity index (χ4v) is 5.31. The molecular weight excluding hydrogens is 527 g/mol. The molecule has 0 saturated carbocycles. The van der Waals surface area contributed by atoms with Crippen LogP contribution in [0.15, 0.2) is 47.4 Å². The number of aromatic nitrogens is 2. The van der Waals surface area contributed by atoms with Crippen molar-refractivity contribution < 1.29 is 42.6 Å². The molecule has 1 aliphatic heterocycles. The summed E-state index contributed by atoms with van der Waals surface area (Å²) in [4.78, 5) is 26.3. The fraction of sp³-hybridized carbons (Fsp3) is 0.500. The summed E-state index contributed by atoms with van der Waals surface area (Å²) in [6, 6.07) is 7.73. The highest BCUT2D eigenvalue weighted by molar-refractivity contribution is 7.71. The number of aromatic amines is 1. The fourth-order valence-electron chi connectivity index (χ4n) is 3.55. The zero-order chi connectivity index (χ0) is 27.5. The van der Waals surface area contributed by atoms with Crippen molar-refractivity contribution in [3.8, 4) is 5.75 Å². The van der Waals surface area contributed by atoms with Gasteiger partial charge in [0.15, 0.2) is 11.0 Å². The SMILES string of the molecule is CC(C)OC(=O)C(C)[N+](=N)P(=O)(OCC1OC(n2ccc(=O)[nH]c2=S)C(C)(O)C1O)Oc1ccccc1. The molecule has 1 aromatic carbocycles. The van der Waals surface area contributed by atoms with E-state index in [1.807, 2.05) is 0 Å². The van der Waals surface area contributed by atoms with E-state index >= 15 is 0 Å². The van der Waals surface area contributed by atoms with Gasteiger partial charge in [-0.3, -0.25) is 14.3 Å². The van der Waals surface area contributed by atoms with E-state index in [0.717, 1.165) is 0 Å². The van der Waals surface area contributed by atoms with E-state index in [2.05, 4.69) is 4.98 Å². The van der Waals surface area contributed by atoms with Crippen LogP contribution in [0.3, 0.4) is 0 Å². The van der Waals surface area contributed by atoms with Gasteiger partial charge in [0.05, 0.1) is 12.7 Å². The van der Waals surface area contributed by atoms with Gasteiger partial charge in [-0.1, -0.05) is 23.7 Å². The molecule has 1 aliphatic rings. The third-order valence-corrected chi connectivity index (χ3v) is 7.65. The predicted octanol–water partition coefficient (Wildman–Crippen LogP) is 2.50. The Kier molecular flexibility index (Phi) is 8.83. The van der Waals surface area contributed by atoms with Crippen molar-refractivity contribution in [1.29, 1.82) is 5.53 Å². The Hall–Kier alpha value is -2.74. The second-order valence-corrected chi connectivity index (χ2v) is 11.1. The lowest BCUT2D eigenvalue weighted by Crippen LogP contribution is -2.44. The third kappa shape index (κ3) is 6.40. The van der Waals surface area contributed by atoms with Crippen LogP contribution in [0.1, 0.15) is 33.9 Å². The number of esters is 1. The quantitative estimate of drug-likeness (QED) is 0.147. The molecule has 37 heavy (non-hydrogen) atoms. The third-order valence-electron chi connectivity index (χ3n) is 5.55. The number of para-hydroxylation sites is 1. The standard InChI is InChI=1S/C22H29N4O9PS/c1-13(2)33-19(29)14(3)26(23)36(31,35-15-8-6-5-7-9-15)32-12-16-18(28)22(4,30)20(34-16)25-11-10-17(27)24-21(25)37/h5-11,13-14,16,18,20,23,28,30H,12H2,1-4H3/p+1. The zero-order valence-electron chi connectivity index (χ0n) is 20.6. The van der Waals surface area contributed by atoms with Crippen molar-refractivity contribution in [2.45, 2.75) is 63.9 Å². The van der Waals surface area contributed by atoms with Gasteiger partial charge in [-0.05, 0) is 49.6 Å². The van der Waals surface area contributed by atoms with Gasteiger partial charge in [-0.2, -0.15) is 4.57 Å². The van der Waals surface area contributed by atoms with Crippen molar-refractivity contribution in [3.05, 3.63) is 57.7 Å². The maximum Gasteiger partial charge on any atom is 0.690 e. The number of nitrogens with zero attached hydrogens (tertiary/aromatic N) is 2. The number of carbonyl (C=O) groups excluding carboxylic acids is 1. The van der Waals surface area contributed by atoms with E-state index in [-0.39, 0.29) is 10.5 Å². The van der Waals surface area contributed by atoms with Crippen LogP contribution >= 0.6 is 20.0 Å². The molecule has 6 unspecified atom stereocenters. The van der Waals surface area contributed by atoms with Gasteiger partial charge in [0.1, 0.15) is 23.6 Å². The summed E-state index contributed by atoms with van der Waals surface area (Å²) in [5, 5.41) is 21.7. The average molecular weight is 558 g/mol. The monoisotopic (exact) mass is 557 g/mol. The molecule has 0 spiro atoms. The van der Waals surface area contributed by atoms with Gasteiger partial charge in [-0.15, -0.1) is 0 Å². The Morgan fingerprint density at radius 1 is 1.32 bits per heavy atom. The van der Waals surface area contributed by atoms with Gasteiger partial charge < -0.3 is 24.2 Å². The molecule has 6 atom stereocenters. The van der Waals surface area contributed by atoms with Crippen molar-refractivity contribution in [2.75, 3.05) is 6.61 Å². The molecule has 0 radical (unpaired) electrons.